The molecule has 0 aliphatic carbocycles. The predicted molar refractivity (Wildman–Crippen MR) is 116 cm³/mol. The lowest BCUT2D eigenvalue weighted by atomic mass is 10.0. The zero-order valence-corrected chi connectivity index (χ0v) is 17.0. The lowest BCUT2D eigenvalue weighted by Crippen LogP contribution is -2.09. The Kier molecular flexibility index (Phi) is 4.96. The second-order valence-corrected chi connectivity index (χ2v) is 7.65. The molecule has 0 saturated carbocycles. The lowest BCUT2D eigenvalue weighted by Gasteiger charge is -2.19. The van der Waals surface area contributed by atoms with E-state index in [-0.39, 0.29) is 12.6 Å². The molecule has 3 nitrogen and oxygen atoms in total. The molecule has 142 valence electrons. The number of benzene rings is 3. The van der Waals surface area contributed by atoms with Crippen LogP contribution < -0.4 is 0 Å². The Morgan fingerprint density at radius 2 is 1.75 bits per heavy atom. The Hall–Kier alpha value is -2.62. The van der Waals surface area contributed by atoms with Crippen molar-refractivity contribution >= 4 is 22.6 Å². The van der Waals surface area contributed by atoms with Gasteiger partial charge in [0, 0.05) is 5.02 Å². The molecule has 0 amide bonds. The van der Waals surface area contributed by atoms with Gasteiger partial charge >= 0.3 is 0 Å². The number of fused-ring (bicyclic) bond motifs is 1. The largest absolute Gasteiger partial charge is 0.392 e. The molecule has 4 heteroatoms. The van der Waals surface area contributed by atoms with Crippen LogP contribution in [0.25, 0.3) is 22.2 Å². The number of rotatable bonds is 4. The van der Waals surface area contributed by atoms with Crippen LogP contribution in [-0.2, 0) is 6.61 Å². The van der Waals surface area contributed by atoms with Crippen LogP contribution in [0, 0.1) is 13.8 Å². The van der Waals surface area contributed by atoms with Crippen LogP contribution in [0.5, 0.6) is 0 Å². The van der Waals surface area contributed by atoms with Crippen molar-refractivity contribution in [3.63, 3.8) is 0 Å². The van der Waals surface area contributed by atoms with Crippen molar-refractivity contribution in [1.82, 2.24) is 9.55 Å². The maximum Gasteiger partial charge on any atom is 0.107 e. The first-order valence-electron chi connectivity index (χ1n) is 9.43. The zero-order valence-electron chi connectivity index (χ0n) is 16.3. The molecule has 0 spiro atoms. The van der Waals surface area contributed by atoms with Crippen LogP contribution in [0.1, 0.15) is 35.5 Å². The third kappa shape index (κ3) is 3.21. The number of nitrogens with zero attached hydrogens (tertiary/aromatic N) is 2. The molecule has 0 saturated heterocycles. The summed E-state index contributed by atoms with van der Waals surface area (Å²) in [6.45, 7) is 6.20. The van der Waals surface area contributed by atoms with Gasteiger partial charge in [-0.2, -0.15) is 0 Å². The fraction of sp³-hybridized carbons (Fsp3) is 0.208. The van der Waals surface area contributed by atoms with E-state index >= 15 is 0 Å². The van der Waals surface area contributed by atoms with Gasteiger partial charge in [0.25, 0.3) is 0 Å². The van der Waals surface area contributed by atoms with Gasteiger partial charge in [-0.15, -0.1) is 0 Å². The van der Waals surface area contributed by atoms with Gasteiger partial charge in [0.05, 0.1) is 23.7 Å². The van der Waals surface area contributed by atoms with Crippen LogP contribution >= 0.6 is 11.6 Å². The molecule has 1 atom stereocenters. The molecule has 0 bridgehead atoms. The Balaban J connectivity index is 1.81. The summed E-state index contributed by atoms with van der Waals surface area (Å²) in [6.07, 6.45) is 0. The normalized spacial score (nSPS) is 12.5. The van der Waals surface area contributed by atoms with E-state index in [1.165, 1.54) is 0 Å². The average molecular weight is 391 g/mol. The Morgan fingerprint density at radius 1 is 1.00 bits per heavy atom. The van der Waals surface area contributed by atoms with Crippen LogP contribution in [0.2, 0.25) is 5.02 Å². The van der Waals surface area contributed by atoms with Crippen molar-refractivity contribution < 1.29 is 5.11 Å². The minimum absolute atomic E-state index is 0.0158. The highest BCUT2D eigenvalue weighted by Crippen LogP contribution is 2.34. The Morgan fingerprint density at radius 3 is 2.43 bits per heavy atom. The number of aliphatic hydroxyl groups is 1. The fourth-order valence-electron chi connectivity index (χ4n) is 3.95. The fourth-order valence-corrected chi connectivity index (χ4v) is 4.29. The summed E-state index contributed by atoms with van der Waals surface area (Å²) in [7, 11) is 0. The summed E-state index contributed by atoms with van der Waals surface area (Å²) in [6, 6.07) is 20.5. The summed E-state index contributed by atoms with van der Waals surface area (Å²) in [5.74, 6) is 0.934. The summed E-state index contributed by atoms with van der Waals surface area (Å²) >= 11 is 6.71. The third-order valence-electron chi connectivity index (χ3n) is 5.35. The summed E-state index contributed by atoms with van der Waals surface area (Å²) in [5, 5.41) is 10.3. The number of aryl methyl sites for hydroxylation is 2. The number of hydrogen-bond donors (Lipinski definition) is 1. The quantitative estimate of drug-likeness (QED) is 0.458. The lowest BCUT2D eigenvalue weighted by molar-refractivity contribution is 0.282. The van der Waals surface area contributed by atoms with Crippen LogP contribution in [0.4, 0.5) is 0 Å². The highest BCUT2D eigenvalue weighted by Gasteiger charge is 2.19. The highest BCUT2D eigenvalue weighted by molar-refractivity contribution is 6.31. The zero-order chi connectivity index (χ0) is 19.8. The second kappa shape index (κ2) is 7.42. The van der Waals surface area contributed by atoms with Gasteiger partial charge in [-0.1, -0.05) is 60.1 Å². The molecular formula is C24H23ClN2O. The van der Waals surface area contributed by atoms with E-state index in [1.807, 2.05) is 50.2 Å². The van der Waals surface area contributed by atoms with Crippen molar-refractivity contribution in [2.75, 3.05) is 0 Å². The monoisotopic (exact) mass is 390 g/mol. The predicted octanol–water partition coefficient (Wildman–Crippen LogP) is 6.08. The van der Waals surface area contributed by atoms with Crippen molar-refractivity contribution in [3.8, 4) is 11.1 Å². The topological polar surface area (TPSA) is 38.1 Å². The first kappa shape index (κ1) is 18.7. The van der Waals surface area contributed by atoms with Crippen LogP contribution in [-0.4, -0.2) is 14.7 Å². The average Bonchev–Trinajstić information content (AvgIpc) is 3.04. The molecule has 0 fully saturated rings. The molecule has 1 heterocycles. The van der Waals surface area contributed by atoms with Crippen molar-refractivity contribution in [2.24, 2.45) is 0 Å². The molecule has 1 unspecified atom stereocenters. The number of aromatic nitrogens is 2. The minimum atomic E-state index is 0.0158. The summed E-state index contributed by atoms with van der Waals surface area (Å²) < 4.78 is 2.20. The summed E-state index contributed by atoms with van der Waals surface area (Å²) in [5.41, 5.74) is 7.26. The summed E-state index contributed by atoms with van der Waals surface area (Å²) in [4.78, 5) is 4.77. The Labute approximate surface area is 170 Å². The Bertz CT molecular complexity index is 1150. The molecule has 0 aliphatic rings. The van der Waals surface area contributed by atoms with Gasteiger partial charge in [-0.3, -0.25) is 0 Å². The number of aliphatic hydroxyl groups excluding tert-OH is 1. The van der Waals surface area contributed by atoms with E-state index in [2.05, 4.69) is 35.8 Å². The van der Waals surface area contributed by atoms with E-state index in [0.29, 0.717) is 0 Å². The second-order valence-electron chi connectivity index (χ2n) is 7.25. The van der Waals surface area contributed by atoms with E-state index in [9.17, 15) is 5.11 Å². The highest BCUT2D eigenvalue weighted by atomic mass is 35.5. The van der Waals surface area contributed by atoms with Crippen LogP contribution in [0.3, 0.4) is 0 Å². The van der Waals surface area contributed by atoms with Gasteiger partial charge in [0.2, 0.25) is 0 Å². The van der Waals surface area contributed by atoms with Gasteiger partial charge in [0.1, 0.15) is 5.82 Å². The molecule has 28 heavy (non-hydrogen) atoms. The first-order chi connectivity index (χ1) is 13.5. The molecule has 1 aromatic heterocycles. The van der Waals surface area contributed by atoms with Crippen molar-refractivity contribution in [3.05, 3.63) is 88.2 Å². The van der Waals surface area contributed by atoms with E-state index in [4.69, 9.17) is 16.6 Å². The van der Waals surface area contributed by atoms with Crippen molar-refractivity contribution in [1.29, 1.82) is 0 Å². The maximum absolute atomic E-state index is 9.61. The SMILES string of the molecule is Cc1cc(CO)cc2c1nc(C)n2C(C)c1ccc(-c2ccccc2)cc1Cl. The standard InChI is InChI=1S/C24H23ClN2O/c1-15-11-18(14-28)12-23-24(15)26-17(3)27(23)16(2)21-10-9-20(13-22(21)25)19-7-5-4-6-8-19/h4-13,16,28H,14H2,1-3H3. The minimum Gasteiger partial charge on any atom is -0.392 e. The van der Waals surface area contributed by atoms with Gasteiger partial charge in [-0.05, 0) is 60.7 Å². The van der Waals surface area contributed by atoms with E-state index in [1.54, 1.807) is 0 Å². The molecule has 0 aliphatic heterocycles. The van der Waals surface area contributed by atoms with Gasteiger partial charge < -0.3 is 9.67 Å². The molecule has 1 N–H and O–H groups in total. The first-order valence-corrected chi connectivity index (χ1v) is 9.81. The van der Waals surface area contributed by atoms with Gasteiger partial charge in [-0.25, -0.2) is 4.98 Å². The van der Waals surface area contributed by atoms with Crippen molar-refractivity contribution in [2.45, 2.75) is 33.4 Å². The number of hydrogen-bond acceptors (Lipinski definition) is 2. The molecule has 4 rings (SSSR count). The molecule has 3 aromatic carbocycles. The molecule has 0 radical (unpaired) electrons. The van der Waals surface area contributed by atoms with Gasteiger partial charge in [0.15, 0.2) is 0 Å². The van der Waals surface area contributed by atoms with Crippen LogP contribution in [0.15, 0.2) is 60.7 Å². The number of imidazole rings is 1. The van der Waals surface area contributed by atoms with E-state index in [0.717, 1.165) is 49.7 Å². The third-order valence-corrected chi connectivity index (χ3v) is 5.68. The smallest absolute Gasteiger partial charge is 0.107 e. The molecular weight excluding hydrogens is 368 g/mol. The maximum atomic E-state index is 9.61. The molecule has 4 aromatic rings. The number of halogens is 1. The van der Waals surface area contributed by atoms with E-state index < -0.39 is 0 Å².